The van der Waals surface area contributed by atoms with Gasteiger partial charge < -0.3 is 10.8 Å². The van der Waals surface area contributed by atoms with Gasteiger partial charge in [-0.15, -0.1) is 12.4 Å². The van der Waals surface area contributed by atoms with Crippen LogP contribution in [0.4, 0.5) is 8.78 Å². The van der Waals surface area contributed by atoms with Gasteiger partial charge in [-0.25, -0.2) is 8.78 Å². The van der Waals surface area contributed by atoms with Gasteiger partial charge in [-0.1, -0.05) is 12.8 Å². The van der Waals surface area contributed by atoms with E-state index in [-0.39, 0.29) is 29.6 Å². The molecule has 2 rings (SSSR count). The summed E-state index contributed by atoms with van der Waals surface area (Å²) in [4.78, 5) is 0. The van der Waals surface area contributed by atoms with Gasteiger partial charge in [-0.2, -0.15) is 0 Å². The van der Waals surface area contributed by atoms with Crippen LogP contribution in [-0.2, 0) is 0 Å². The van der Waals surface area contributed by atoms with Crippen molar-refractivity contribution >= 4 is 12.4 Å². The first kappa shape index (κ1) is 14.2. The molecule has 1 atom stereocenters. The Morgan fingerprint density at radius 2 is 1.82 bits per heavy atom. The predicted molar refractivity (Wildman–Crippen MR) is 64.2 cm³/mol. The Morgan fingerprint density at radius 1 is 1.24 bits per heavy atom. The molecule has 1 aliphatic rings. The molecule has 0 amide bonds. The van der Waals surface area contributed by atoms with Crippen molar-refractivity contribution in [2.75, 3.05) is 0 Å². The van der Waals surface area contributed by atoms with E-state index in [9.17, 15) is 13.9 Å². The molecule has 17 heavy (non-hydrogen) atoms. The first-order valence-corrected chi connectivity index (χ1v) is 5.53. The first-order valence-electron chi connectivity index (χ1n) is 5.53. The second-order valence-corrected chi connectivity index (χ2v) is 4.39. The van der Waals surface area contributed by atoms with Gasteiger partial charge in [0.15, 0.2) is 0 Å². The smallest absolute Gasteiger partial charge is 0.134 e. The molecule has 0 bridgehead atoms. The molecule has 5 heteroatoms. The lowest BCUT2D eigenvalue weighted by Gasteiger charge is -2.20. The summed E-state index contributed by atoms with van der Waals surface area (Å²) in [5.74, 6) is -1.72. The van der Waals surface area contributed by atoms with Crippen molar-refractivity contribution < 1.29 is 13.9 Å². The number of rotatable bonds is 2. The van der Waals surface area contributed by atoms with Crippen molar-refractivity contribution in [2.45, 2.75) is 31.7 Å². The van der Waals surface area contributed by atoms with Crippen molar-refractivity contribution in [1.29, 1.82) is 0 Å². The molecule has 1 aromatic rings. The van der Waals surface area contributed by atoms with Gasteiger partial charge >= 0.3 is 0 Å². The third-order valence-electron chi connectivity index (χ3n) is 3.31. The zero-order valence-corrected chi connectivity index (χ0v) is 10.1. The number of aromatic hydroxyl groups is 1. The molecule has 1 aromatic carbocycles. The Balaban J connectivity index is 0.00000144. The third-order valence-corrected chi connectivity index (χ3v) is 3.31. The quantitative estimate of drug-likeness (QED) is 0.860. The Morgan fingerprint density at radius 3 is 2.35 bits per heavy atom. The average molecular weight is 264 g/mol. The minimum absolute atomic E-state index is 0. The molecule has 3 N–H and O–H groups in total. The van der Waals surface area contributed by atoms with Crippen molar-refractivity contribution in [2.24, 2.45) is 11.7 Å². The maximum Gasteiger partial charge on any atom is 0.134 e. The molecule has 1 aliphatic carbocycles. The molecule has 0 spiro atoms. The lowest BCUT2D eigenvalue weighted by molar-refractivity contribution is 0.392. The summed E-state index contributed by atoms with van der Waals surface area (Å²) in [6, 6.07) is 1.14. The van der Waals surface area contributed by atoms with Crippen LogP contribution >= 0.6 is 12.4 Å². The summed E-state index contributed by atoms with van der Waals surface area (Å²) >= 11 is 0. The first-order chi connectivity index (χ1) is 7.59. The highest BCUT2D eigenvalue weighted by molar-refractivity contribution is 5.85. The van der Waals surface area contributed by atoms with Crippen LogP contribution in [0.5, 0.6) is 5.75 Å². The molecule has 2 nitrogen and oxygen atoms in total. The summed E-state index contributed by atoms with van der Waals surface area (Å²) in [6.07, 6.45) is 4.05. The van der Waals surface area contributed by atoms with Crippen LogP contribution in [0.2, 0.25) is 0 Å². The zero-order valence-electron chi connectivity index (χ0n) is 9.33. The highest BCUT2D eigenvalue weighted by Gasteiger charge is 2.27. The van der Waals surface area contributed by atoms with Crippen LogP contribution in [-0.4, -0.2) is 5.11 Å². The minimum Gasteiger partial charge on any atom is -0.507 e. The molecule has 1 fully saturated rings. The van der Waals surface area contributed by atoms with Crippen LogP contribution in [0.1, 0.15) is 37.3 Å². The fourth-order valence-electron chi connectivity index (χ4n) is 2.45. The maximum absolute atomic E-state index is 13.5. The van der Waals surface area contributed by atoms with Crippen LogP contribution in [0.25, 0.3) is 0 Å². The van der Waals surface area contributed by atoms with E-state index < -0.39 is 17.7 Å². The van der Waals surface area contributed by atoms with E-state index in [0.717, 1.165) is 37.8 Å². The minimum atomic E-state index is -0.780. The van der Waals surface area contributed by atoms with E-state index in [1.807, 2.05) is 0 Å². The average Bonchev–Trinajstić information content (AvgIpc) is 2.67. The molecular weight excluding hydrogens is 248 g/mol. The van der Waals surface area contributed by atoms with Gasteiger partial charge in [0, 0.05) is 23.7 Å². The number of hydrogen-bond acceptors (Lipinski definition) is 2. The molecule has 1 saturated carbocycles. The van der Waals surface area contributed by atoms with Crippen molar-refractivity contribution in [1.82, 2.24) is 0 Å². The largest absolute Gasteiger partial charge is 0.507 e. The molecule has 0 aromatic heterocycles. The van der Waals surface area contributed by atoms with Crippen molar-refractivity contribution in [3.8, 4) is 5.75 Å². The topological polar surface area (TPSA) is 46.2 Å². The maximum atomic E-state index is 13.5. The van der Waals surface area contributed by atoms with Crippen LogP contribution in [0, 0.1) is 17.6 Å². The van der Waals surface area contributed by atoms with Crippen LogP contribution in [0.15, 0.2) is 12.1 Å². The molecule has 0 saturated heterocycles. The summed E-state index contributed by atoms with van der Waals surface area (Å²) in [5.41, 5.74) is 5.98. The predicted octanol–water partition coefficient (Wildman–Crippen LogP) is 3.28. The molecule has 0 unspecified atom stereocenters. The highest BCUT2D eigenvalue weighted by Crippen LogP contribution is 2.38. The summed E-state index contributed by atoms with van der Waals surface area (Å²) < 4.78 is 26.3. The van der Waals surface area contributed by atoms with E-state index in [1.165, 1.54) is 0 Å². The second kappa shape index (κ2) is 5.65. The van der Waals surface area contributed by atoms with Crippen molar-refractivity contribution in [3.05, 3.63) is 29.3 Å². The Kier molecular flexibility index (Phi) is 4.71. The summed E-state index contributed by atoms with van der Waals surface area (Å²) in [7, 11) is 0. The molecular formula is C12H16ClF2NO. The molecule has 0 radical (unpaired) electrons. The van der Waals surface area contributed by atoms with E-state index in [1.54, 1.807) is 0 Å². The van der Waals surface area contributed by atoms with Gasteiger partial charge in [0.1, 0.15) is 17.4 Å². The fraction of sp³-hybridized carbons (Fsp3) is 0.500. The monoisotopic (exact) mass is 263 g/mol. The lowest BCUT2D eigenvalue weighted by atomic mass is 9.91. The van der Waals surface area contributed by atoms with E-state index in [4.69, 9.17) is 5.73 Å². The third kappa shape index (κ3) is 2.87. The van der Waals surface area contributed by atoms with E-state index in [2.05, 4.69) is 0 Å². The summed E-state index contributed by atoms with van der Waals surface area (Å²) in [6.45, 7) is 0. The van der Waals surface area contributed by atoms with Gasteiger partial charge in [0.25, 0.3) is 0 Å². The van der Waals surface area contributed by atoms with E-state index in [0.29, 0.717) is 0 Å². The van der Waals surface area contributed by atoms with Gasteiger partial charge in [0.2, 0.25) is 0 Å². The number of halogens is 3. The van der Waals surface area contributed by atoms with E-state index >= 15 is 0 Å². The molecule has 0 heterocycles. The number of nitrogens with two attached hydrogens (primary N) is 1. The SMILES string of the molecule is Cl.N[C@@H](c1c(O)cc(F)cc1F)C1CCCC1. The van der Waals surface area contributed by atoms with Gasteiger partial charge in [-0.05, 0) is 18.8 Å². The second-order valence-electron chi connectivity index (χ2n) is 4.39. The van der Waals surface area contributed by atoms with Gasteiger partial charge in [0.05, 0.1) is 0 Å². The number of benzene rings is 1. The highest BCUT2D eigenvalue weighted by atomic mass is 35.5. The van der Waals surface area contributed by atoms with Crippen molar-refractivity contribution in [3.63, 3.8) is 0 Å². The van der Waals surface area contributed by atoms with Crippen LogP contribution < -0.4 is 5.73 Å². The summed E-state index contributed by atoms with van der Waals surface area (Å²) in [5, 5.41) is 9.54. The Labute approximate surface area is 105 Å². The Bertz CT molecular complexity index is 371. The normalized spacial score (nSPS) is 17.8. The molecule has 0 aliphatic heterocycles. The lowest BCUT2D eigenvalue weighted by Crippen LogP contribution is -2.20. The number of phenolic OH excluding ortho intramolecular Hbond substituents is 1. The van der Waals surface area contributed by atoms with Gasteiger partial charge in [-0.3, -0.25) is 0 Å². The zero-order chi connectivity index (χ0) is 11.7. The number of hydrogen-bond donors (Lipinski definition) is 2. The van der Waals surface area contributed by atoms with Crippen LogP contribution in [0.3, 0.4) is 0 Å². The fourth-order valence-corrected chi connectivity index (χ4v) is 2.45. The standard InChI is InChI=1S/C12H15F2NO.ClH/c13-8-5-9(14)11(10(16)6-8)12(15)7-3-1-2-4-7;/h5-7,12,16H,1-4,15H2;1H/t12-;/m1./s1. The Hall–Kier alpha value is -0.870. The molecule has 96 valence electrons. The number of phenols is 1.